The zero-order chi connectivity index (χ0) is 12.0. The Labute approximate surface area is 98.6 Å². The average Bonchev–Trinajstić information content (AvgIpc) is 2.26. The van der Waals surface area contributed by atoms with Crippen molar-refractivity contribution < 1.29 is 9.90 Å². The number of carboxylic acid groups (broad SMARTS) is 1. The molecule has 0 saturated heterocycles. The van der Waals surface area contributed by atoms with Gasteiger partial charge in [-0.1, -0.05) is 39.5 Å². The van der Waals surface area contributed by atoms with Crippen LogP contribution >= 0.6 is 0 Å². The molecule has 3 heteroatoms. The molecule has 1 fully saturated rings. The standard InChI is InChI=1S/C13H25NO2/c1-3-4-8-12(13(15)16)14-11-9-6-5-7-10(11)2/h10-12,14H,3-9H2,1-2H3,(H,15,16). The third kappa shape index (κ3) is 4.12. The highest BCUT2D eigenvalue weighted by Gasteiger charge is 2.26. The molecule has 1 rings (SSSR count). The van der Waals surface area contributed by atoms with Crippen molar-refractivity contribution in [3.63, 3.8) is 0 Å². The molecule has 0 aliphatic heterocycles. The van der Waals surface area contributed by atoms with Gasteiger partial charge in [-0.25, -0.2) is 0 Å². The predicted octanol–water partition coefficient (Wildman–Crippen LogP) is 2.80. The summed E-state index contributed by atoms with van der Waals surface area (Å²) >= 11 is 0. The molecule has 1 saturated carbocycles. The fourth-order valence-electron chi connectivity index (χ4n) is 2.51. The molecule has 3 atom stereocenters. The molecular formula is C13H25NO2. The molecule has 0 amide bonds. The first-order valence-corrected chi connectivity index (χ1v) is 6.64. The van der Waals surface area contributed by atoms with Crippen molar-refractivity contribution in [1.82, 2.24) is 5.32 Å². The van der Waals surface area contributed by atoms with Crippen LogP contribution in [0.2, 0.25) is 0 Å². The molecule has 0 aromatic rings. The molecule has 94 valence electrons. The highest BCUT2D eigenvalue weighted by Crippen LogP contribution is 2.24. The Morgan fingerprint density at radius 3 is 2.69 bits per heavy atom. The van der Waals surface area contributed by atoms with E-state index in [0.717, 1.165) is 25.7 Å². The van der Waals surface area contributed by atoms with E-state index < -0.39 is 5.97 Å². The molecular weight excluding hydrogens is 202 g/mol. The normalized spacial score (nSPS) is 27.6. The summed E-state index contributed by atoms with van der Waals surface area (Å²) in [6.07, 6.45) is 7.72. The van der Waals surface area contributed by atoms with E-state index in [1.807, 2.05) is 0 Å². The van der Waals surface area contributed by atoms with Gasteiger partial charge in [-0.2, -0.15) is 0 Å². The first-order chi connectivity index (χ1) is 7.65. The van der Waals surface area contributed by atoms with Crippen molar-refractivity contribution in [3.05, 3.63) is 0 Å². The second-order valence-corrected chi connectivity index (χ2v) is 5.07. The zero-order valence-corrected chi connectivity index (χ0v) is 10.5. The summed E-state index contributed by atoms with van der Waals surface area (Å²) in [5.74, 6) is -0.0662. The van der Waals surface area contributed by atoms with Crippen LogP contribution in [0.25, 0.3) is 0 Å². The van der Waals surface area contributed by atoms with E-state index in [4.69, 9.17) is 5.11 Å². The maximum Gasteiger partial charge on any atom is 0.320 e. The third-order valence-corrected chi connectivity index (χ3v) is 3.67. The summed E-state index contributed by atoms with van der Waals surface area (Å²) in [6, 6.07) is 0.0669. The van der Waals surface area contributed by atoms with Crippen molar-refractivity contribution >= 4 is 5.97 Å². The molecule has 0 bridgehead atoms. The van der Waals surface area contributed by atoms with Gasteiger partial charge >= 0.3 is 5.97 Å². The largest absolute Gasteiger partial charge is 0.480 e. The van der Waals surface area contributed by atoms with Crippen LogP contribution in [0, 0.1) is 5.92 Å². The van der Waals surface area contributed by atoms with Crippen LogP contribution in [-0.2, 0) is 4.79 Å². The van der Waals surface area contributed by atoms with Crippen molar-refractivity contribution in [2.24, 2.45) is 5.92 Å². The Morgan fingerprint density at radius 2 is 2.12 bits per heavy atom. The van der Waals surface area contributed by atoms with E-state index in [1.165, 1.54) is 19.3 Å². The molecule has 16 heavy (non-hydrogen) atoms. The molecule has 3 unspecified atom stereocenters. The van der Waals surface area contributed by atoms with E-state index in [-0.39, 0.29) is 6.04 Å². The first-order valence-electron chi connectivity index (χ1n) is 6.64. The predicted molar refractivity (Wildman–Crippen MR) is 65.5 cm³/mol. The number of unbranched alkanes of at least 4 members (excludes halogenated alkanes) is 1. The number of hydrogen-bond acceptors (Lipinski definition) is 2. The maximum atomic E-state index is 11.1. The Bertz CT molecular complexity index is 218. The molecule has 0 heterocycles. The lowest BCUT2D eigenvalue weighted by Crippen LogP contribution is -2.47. The van der Waals surface area contributed by atoms with E-state index >= 15 is 0 Å². The van der Waals surface area contributed by atoms with Gasteiger partial charge in [-0.05, 0) is 25.2 Å². The minimum Gasteiger partial charge on any atom is -0.480 e. The topological polar surface area (TPSA) is 49.3 Å². The summed E-state index contributed by atoms with van der Waals surface area (Å²) < 4.78 is 0. The van der Waals surface area contributed by atoms with Crippen molar-refractivity contribution in [3.8, 4) is 0 Å². The fourth-order valence-corrected chi connectivity index (χ4v) is 2.51. The van der Waals surface area contributed by atoms with Gasteiger partial charge in [0, 0.05) is 6.04 Å². The van der Waals surface area contributed by atoms with Gasteiger partial charge in [0.15, 0.2) is 0 Å². The molecule has 2 N–H and O–H groups in total. The smallest absolute Gasteiger partial charge is 0.320 e. The third-order valence-electron chi connectivity index (χ3n) is 3.67. The van der Waals surface area contributed by atoms with Crippen LogP contribution in [0.3, 0.4) is 0 Å². The Morgan fingerprint density at radius 1 is 1.44 bits per heavy atom. The van der Waals surface area contributed by atoms with Gasteiger partial charge in [0.2, 0.25) is 0 Å². The molecule has 1 aliphatic carbocycles. The molecule has 3 nitrogen and oxygen atoms in total. The average molecular weight is 227 g/mol. The maximum absolute atomic E-state index is 11.1. The fraction of sp³-hybridized carbons (Fsp3) is 0.923. The molecule has 0 radical (unpaired) electrons. The minimum absolute atomic E-state index is 0.342. The number of carboxylic acids is 1. The highest BCUT2D eigenvalue weighted by atomic mass is 16.4. The molecule has 0 spiro atoms. The number of hydrogen-bond donors (Lipinski definition) is 2. The summed E-state index contributed by atoms with van der Waals surface area (Å²) in [4.78, 5) is 11.1. The lowest BCUT2D eigenvalue weighted by atomic mass is 9.85. The van der Waals surface area contributed by atoms with Crippen LogP contribution in [0.15, 0.2) is 0 Å². The Kier molecular flexibility index (Phi) is 5.81. The van der Waals surface area contributed by atoms with E-state index in [2.05, 4.69) is 19.2 Å². The first kappa shape index (κ1) is 13.5. The number of carbonyl (C=O) groups is 1. The second-order valence-electron chi connectivity index (χ2n) is 5.07. The molecule has 0 aromatic heterocycles. The lowest BCUT2D eigenvalue weighted by molar-refractivity contribution is -0.140. The van der Waals surface area contributed by atoms with Gasteiger partial charge in [0.1, 0.15) is 6.04 Å². The van der Waals surface area contributed by atoms with Gasteiger partial charge in [-0.3, -0.25) is 4.79 Å². The summed E-state index contributed by atoms with van der Waals surface area (Å²) in [7, 11) is 0. The Balaban J connectivity index is 2.42. The van der Waals surface area contributed by atoms with Crippen molar-refractivity contribution in [2.75, 3.05) is 0 Å². The zero-order valence-electron chi connectivity index (χ0n) is 10.5. The van der Waals surface area contributed by atoms with E-state index in [9.17, 15) is 4.79 Å². The van der Waals surface area contributed by atoms with Crippen LogP contribution in [0.1, 0.15) is 58.8 Å². The van der Waals surface area contributed by atoms with Crippen molar-refractivity contribution in [2.45, 2.75) is 70.9 Å². The molecule has 0 aromatic carbocycles. The summed E-state index contributed by atoms with van der Waals surface area (Å²) in [5, 5.41) is 12.5. The number of aliphatic carboxylic acids is 1. The quantitative estimate of drug-likeness (QED) is 0.733. The van der Waals surface area contributed by atoms with Gasteiger partial charge < -0.3 is 10.4 Å². The van der Waals surface area contributed by atoms with Crippen LogP contribution < -0.4 is 5.32 Å². The van der Waals surface area contributed by atoms with Crippen LogP contribution in [0.5, 0.6) is 0 Å². The van der Waals surface area contributed by atoms with Gasteiger partial charge in [0.25, 0.3) is 0 Å². The van der Waals surface area contributed by atoms with Gasteiger partial charge in [-0.15, -0.1) is 0 Å². The number of rotatable bonds is 6. The van der Waals surface area contributed by atoms with Crippen LogP contribution in [-0.4, -0.2) is 23.2 Å². The Hall–Kier alpha value is -0.570. The van der Waals surface area contributed by atoms with E-state index in [0.29, 0.717) is 12.0 Å². The lowest BCUT2D eigenvalue weighted by Gasteiger charge is -2.32. The minimum atomic E-state index is -0.689. The van der Waals surface area contributed by atoms with Crippen LogP contribution in [0.4, 0.5) is 0 Å². The SMILES string of the molecule is CCCCC(NC1CCCCC1C)C(=O)O. The van der Waals surface area contributed by atoms with Gasteiger partial charge in [0.05, 0.1) is 0 Å². The second kappa shape index (κ2) is 6.89. The summed E-state index contributed by atoms with van der Waals surface area (Å²) in [6.45, 7) is 4.33. The van der Waals surface area contributed by atoms with E-state index in [1.54, 1.807) is 0 Å². The highest BCUT2D eigenvalue weighted by molar-refractivity contribution is 5.73. The summed E-state index contributed by atoms with van der Waals surface area (Å²) in [5.41, 5.74) is 0. The van der Waals surface area contributed by atoms with Crippen molar-refractivity contribution in [1.29, 1.82) is 0 Å². The monoisotopic (exact) mass is 227 g/mol. The molecule has 1 aliphatic rings. The number of nitrogens with one attached hydrogen (secondary N) is 1.